The summed E-state index contributed by atoms with van der Waals surface area (Å²) in [5.74, 6) is -0.614. The van der Waals surface area contributed by atoms with E-state index in [1.807, 2.05) is 13.8 Å². The van der Waals surface area contributed by atoms with Crippen LogP contribution in [0.3, 0.4) is 0 Å². The Morgan fingerprint density at radius 2 is 2.06 bits per heavy atom. The van der Waals surface area contributed by atoms with Crippen LogP contribution >= 0.6 is 15.9 Å². The average Bonchev–Trinajstić information content (AvgIpc) is 2.24. The van der Waals surface area contributed by atoms with Gasteiger partial charge >= 0.3 is 0 Å². The van der Waals surface area contributed by atoms with Crippen LogP contribution < -0.4 is 5.32 Å². The Hall–Kier alpha value is -0.900. The van der Waals surface area contributed by atoms with Crippen LogP contribution in [0.15, 0.2) is 18.2 Å². The van der Waals surface area contributed by atoms with E-state index in [-0.39, 0.29) is 17.1 Å². The third kappa shape index (κ3) is 4.46. The molecule has 0 aliphatic heterocycles. The Balaban J connectivity index is 2.70. The number of aryl methyl sites for hydroxylation is 1. The molecule has 0 saturated carbocycles. The molecule has 1 aromatic rings. The fourth-order valence-electron chi connectivity index (χ4n) is 1.34. The molecule has 0 spiro atoms. The zero-order chi connectivity index (χ0) is 13.1. The molecular weight excluding hydrogens is 285 g/mol. The monoisotopic (exact) mass is 301 g/mol. The molecule has 1 amide bonds. The lowest BCUT2D eigenvalue weighted by Gasteiger charge is -2.21. The second-order valence-corrected chi connectivity index (χ2v) is 5.56. The fraction of sp³-hybridized carbons (Fsp3) is 0.462. The largest absolute Gasteiger partial charge is 0.351 e. The van der Waals surface area contributed by atoms with Crippen LogP contribution in [-0.4, -0.2) is 17.8 Å². The molecule has 0 aliphatic rings. The summed E-state index contributed by atoms with van der Waals surface area (Å²) in [5, 5.41) is 3.60. The first-order valence-electron chi connectivity index (χ1n) is 5.45. The van der Waals surface area contributed by atoms with E-state index in [9.17, 15) is 9.18 Å². The number of amides is 1. The molecule has 0 radical (unpaired) electrons. The van der Waals surface area contributed by atoms with E-state index in [0.717, 1.165) is 10.9 Å². The van der Waals surface area contributed by atoms with E-state index in [0.29, 0.717) is 12.1 Å². The van der Waals surface area contributed by atoms with Crippen molar-refractivity contribution in [3.63, 3.8) is 0 Å². The van der Waals surface area contributed by atoms with Crippen LogP contribution in [0.25, 0.3) is 0 Å². The molecule has 0 fully saturated rings. The molecule has 1 N–H and O–H groups in total. The third-order valence-corrected chi connectivity index (χ3v) is 3.91. The zero-order valence-electron chi connectivity index (χ0n) is 10.3. The van der Waals surface area contributed by atoms with Crippen molar-refractivity contribution < 1.29 is 9.18 Å². The highest BCUT2D eigenvalue weighted by molar-refractivity contribution is 9.09. The maximum atomic E-state index is 13.1. The number of carbonyl (C=O) groups is 1. The summed E-state index contributed by atoms with van der Waals surface area (Å²) >= 11 is 3.39. The van der Waals surface area contributed by atoms with Gasteiger partial charge in [0, 0.05) is 17.4 Å². The number of nitrogens with one attached hydrogen (secondary N) is 1. The van der Waals surface area contributed by atoms with Crippen molar-refractivity contribution in [3.8, 4) is 0 Å². The summed E-state index contributed by atoms with van der Waals surface area (Å²) in [5.41, 5.74) is 1.10. The van der Waals surface area contributed by atoms with Crippen LogP contribution in [0, 0.1) is 18.2 Å². The summed E-state index contributed by atoms with van der Waals surface area (Å²) in [4.78, 5) is 11.8. The molecule has 2 nitrogen and oxygen atoms in total. The molecule has 0 aliphatic carbocycles. The minimum absolute atomic E-state index is 0.0158. The van der Waals surface area contributed by atoms with Crippen molar-refractivity contribution >= 4 is 21.8 Å². The van der Waals surface area contributed by atoms with Gasteiger partial charge in [0.05, 0.1) is 0 Å². The predicted octanol–water partition coefficient (Wildman–Crippen LogP) is 3.29. The van der Waals surface area contributed by atoms with E-state index < -0.39 is 0 Å². The van der Waals surface area contributed by atoms with Crippen molar-refractivity contribution in [1.82, 2.24) is 5.32 Å². The average molecular weight is 302 g/mol. The van der Waals surface area contributed by atoms with Crippen LogP contribution in [0.1, 0.15) is 29.8 Å². The van der Waals surface area contributed by atoms with Gasteiger partial charge in [0.1, 0.15) is 5.82 Å². The fourth-order valence-corrected chi connectivity index (χ4v) is 1.53. The molecule has 1 rings (SSSR count). The van der Waals surface area contributed by atoms with E-state index in [4.69, 9.17) is 0 Å². The van der Waals surface area contributed by atoms with Gasteiger partial charge in [0.15, 0.2) is 0 Å². The molecule has 17 heavy (non-hydrogen) atoms. The third-order valence-electron chi connectivity index (χ3n) is 2.39. The molecule has 0 aromatic heterocycles. The SMILES string of the molecule is Cc1cc(F)cc(C(=O)NCC(C)(C)CBr)c1. The van der Waals surface area contributed by atoms with Crippen molar-refractivity contribution in [1.29, 1.82) is 0 Å². The van der Waals surface area contributed by atoms with E-state index in [1.165, 1.54) is 12.1 Å². The topological polar surface area (TPSA) is 29.1 Å². The predicted molar refractivity (Wildman–Crippen MR) is 71.0 cm³/mol. The molecular formula is C13H17BrFNO. The number of carbonyl (C=O) groups excluding carboxylic acids is 1. The van der Waals surface area contributed by atoms with Crippen molar-refractivity contribution in [2.75, 3.05) is 11.9 Å². The summed E-state index contributed by atoms with van der Waals surface area (Å²) in [6.45, 7) is 6.40. The highest BCUT2D eigenvalue weighted by Gasteiger charge is 2.17. The molecule has 1 aromatic carbocycles. The summed E-state index contributed by atoms with van der Waals surface area (Å²) in [6.07, 6.45) is 0. The van der Waals surface area contributed by atoms with Gasteiger partial charge < -0.3 is 5.32 Å². The molecule has 0 bridgehead atoms. The molecule has 0 saturated heterocycles. The van der Waals surface area contributed by atoms with Gasteiger partial charge in [0.25, 0.3) is 5.91 Å². The maximum Gasteiger partial charge on any atom is 0.251 e. The Bertz CT molecular complexity index is 398. The van der Waals surface area contributed by atoms with E-state index in [2.05, 4.69) is 21.2 Å². The van der Waals surface area contributed by atoms with Gasteiger partial charge in [-0.3, -0.25) is 4.79 Å². The Labute approximate surface area is 110 Å². The highest BCUT2D eigenvalue weighted by Crippen LogP contribution is 2.17. The van der Waals surface area contributed by atoms with Gasteiger partial charge in [-0.1, -0.05) is 29.8 Å². The minimum Gasteiger partial charge on any atom is -0.351 e. The first-order valence-corrected chi connectivity index (χ1v) is 6.57. The first kappa shape index (κ1) is 14.2. The van der Waals surface area contributed by atoms with Gasteiger partial charge in [0.2, 0.25) is 0 Å². The Morgan fingerprint density at radius 3 is 2.59 bits per heavy atom. The number of hydrogen-bond acceptors (Lipinski definition) is 1. The van der Waals surface area contributed by atoms with Crippen LogP contribution in [0.4, 0.5) is 4.39 Å². The van der Waals surface area contributed by atoms with Crippen LogP contribution in [0.5, 0.6) is 0 Å². The number of rotatable bonds is 4. The molecule has 0 heterocycles. The maximum absolute atomic E-state index is 13.1. The van der Waals surface area contributed by atoms with E-state index >= 15 is 0 Å². The number of alkyl halides is 1. The molecule has 94 valence electrons. The minimum atomic E-state index is -0.380. The smallest absolute Gasteiger partial charge is 0.251 e. The van der Waals surface area contributed by atoms with Gasteiger partial charge in [-0.05, 0) is 36.1 Å². The number of benzene rings is 1. The summed E-state index contributed by atoms with van der Waals surface area (Å²) in [7, 11) is 0. The van der Waals surface area contributed by atoms with Crippen LogP contribution in [-0.2, 0) is 0 Å². The van der Waals surface area contributed by atoms with Crippen molar-refractivity contribution in [2.45, 2.75) is 20.8 Å². The molecule has 0 unspecified atom stereocenters. The normalized spacial score (nSPS) is 11.4. The Kier molecular flexibility index (Phi) is 4.69. The number of hydrogen-bond donors (Lipinski definition) is 1. The number of halogens is 2. The lowest BCUT2D eigenvalue weighted by atomic mass is 9.96. The quantitative estimate of drug-likeness (QED) is 0.850. The van der Waals surface area contributed by atoms with Crippen molar-refractivity contribution in [3.05, 3.63) is 35.1 Å². The van der Waals surface area contributed by atoms with Crippen LogP contribution in [0.2, 0.25) is 0 Å². The second kappa shape index (κ2) is 5.63. The molecule has 4 heteroatoms. The molecule has 0 atom stereocenters. The zero-order valence-corrected chi connectivity index (χ0v) is 11.9. The highest BCUT2D eigenvalue weighted by atomic mass is 79.9. The lowest BCUT2D eigenvalue weighted by Crippen LogP contribution is -2.34. The van der Waals surface area contributed by atoms with E-state index in [1.54, 1.807) is 13.0 Å². The van der Waals surface area contributed by atoms with Crippen molar-refractivity contribution in [2.24, 2.45) is 5.41 Å². The standard InChI is InChI=1S/C13H17BrFNO/c1-9-4-10(6-11(15)5-9)12(17)16-8-13(2,3)7-14/h4-6H,7-8H2,1-3H3,(H,16,17). The van der Waals surface area contributed by atoms with Gasteiger partial charge in [-0.15, -0.1) is 0 Å². The lowest BCUT2D eigenvalue weighted by molar-refractivity contribution is 0.0939. The summed E-state index contributed by atoms with van der Waals surface area (Å²) in [6, 6.07) is 4.34. The van der Waals surface area contributed by atoms with Gasteiger partial charge in [-0.25, -0.2) is 4.39 Å². The van der Waals surface area contributed by atoms with Gasteiger partial charge in [-0.2, -0.15) is 0 Å². The second-order valence-electron chi connectivity index (χ2n) is 5.00. The first-order chi connectivity index (χ1) is 7.84. The Morgan fingerprint density at radius 1 is 1.41 bits per heavy atom. The summed E-state index contributed by atoms with van der Waals surface area (Å²) < 4.78 is 13.1.